The number of rotatable bonds is 3. The third kappa shape index (κ3) is 2.25. The summed E-state index contributed by atoms with van der Waals surface area (Å²) in [5.41, 5.74) is 1.27. The van der Waals surface area contributed by atoms with Crippen molar-refractivity contribution in [3.8, 4) is 0 Å². The van der Waals surface area contributed by atoms with Gasteiger partial charge < -0.3 is 4.74 Å². The van der Waals surface area contributed by atoms with E-state index in [0.717, 1.165) is 10.5 Å². The number of imide groups is 1. The zero-order chi connectivity index (χ0) is 13.1. The maximum Gasteiger partial charge on any atom is 0.307 e. The Morgan fingerprint density at radius 1 is 1.33 bits per heavy atom. The van der Waals surface area contributed by atoms with Crippen molar-refractivity contribution in [2.24, 2.45) is 0 Å². The van der Waals surface area contributed by atoms with E-state index in [9.17, 15) is 14.4 Å². The van der Waals surface area contributed by atoms with Gasteiger partial charge in [-0.2, -0.15) is 0 Å². The molecular formula is C13H13NO4. The van der Waals surface area contributed by atoms with Gasteiger partial charge in [0.15, 0.2) is 0 Å². The second kappa shape index (κ2) is 5.00. The summed E-state index contributed by atoms with van der Waals surface area (Å²) in [6, 6.07) is 7.01. The highest BCUT2D eigenvalue weighted by Gasteiger charge is 2.30. The van der Waals surface area contributed by atoms with Gasteiger partial charge >= 0.3 is 5.97 Å². The van der Waals surface area contributed by atoms with Crippen molar-refractivity contribution in [1.29, 1.82) is 0 Å². The van der Waals surface area contributed by atoms with E-state index in [0.29, 0.717) is 5.56 Å². The summed E-state index contributed by atoms with van der Waals surface area (Å²) >= 11 is 0. The molecule has 1 aliphatic heterocycles. The first-order chi connectivity index (χ1) is 8.63. The van der Waals surface area contributed by atoms with Crippen LogP contribution < -0.4 is 0 Å². The Bertz CT molecular complexity index is 509. The van der Waals surface area contributed by atoms with E-state index >= 15 is 0 Å². The van der Waals surface area contributed by atoms with Crippen molar-refractivity contribution in [2.75, 3.05) is 13.7 Å². The minimum atomic E-state index is -0.436. The fourth-order valence-electron chi connectivity index (χ4n) is 1.93. The predicted octanol–water partition coefficient (Wildman–Crippen LogP) is 0.775. The highest BCUT2D eigenvalue weighted by atomic mass is 16.5. The average molecular weight is 247 g/mol. The van der Waals surface area contributed by atoms with E-state index in [4.69, 9.17) is 0 Å². The molecule has 1 heterocycles. The van der Waals surface area contributed by atoms with E-state index in [1.807, 2.05) is 0 Å². The number of methoxy groups -OCH3 is 1. The van der Waals surface area contributed by atoms with E-state index in [1.165, 1.54) is 7.11 Å². The number of carbonyl (C=O) groups is 3. The minimum absolute atomic E-state index is 0.0240. The molecule has 0 aromatic heterocycles. The van der Waals surface area contributed by atoms with Gasteiger partial charge in [-0.25, -0.2) is 0 Å². The summed E-state index contributed by atoms with van der Waals surface area (Å²) in [5.74, 6) is -1.05. The summed E-state index contributed by atoms with van der Waals surface area (Å²) in [7, 11) is 1.28. The second-order valence-corrected chi connectivity index (χ2v) is 4.01. The third-order valence-electron chi connectivity index (χ3n) is 2.90. The van der Waals surface area contributed by atoms with Gasteiger partial charge in [0.1, 0.15) is 0 Å². The van der Waals surface area contributed by atoms with Crippen molar-refractivity contribution < 1.29 is 19.1 Å². The molecule has 0 saturated heterocycles. The van der Waals surface area contributed by atoms with Gasteiger partial charge in [0.2, 0.25) is 5.91 Å². The van der Waals surface area contributed by atoms with Crippen LogP contribution in [0.5, 0.6) is 0 Å². The Balaban J connectivity index is 2.17. The number of nitrogens with zero attached hydrogens (tertiary/aromatic N) is 1. The number of hydrogen-bond acceptors (Lipinski definition) is 4. The van der Waals surface area contributed by atoms with Crippen LogP contribution in [0.2, 0.25) is 0 Å². The van der Waals surface area contributed by atoms with Crippen LogP contribution in [0.4, 0.5) is 0 Å². The smallest absolute Gasteiger partial charge is 0.307 e. The van der Waals surface area contributed by atoms with Crippen LogP contribution >= 0.6 is 0 Å². The minimum Gasteiger partial charge on any atom is -0.469 e. The SMILES string of the molecule is COC(=O)CCN1C(=O)Cc2ccccc2C1=O. The molecule has 1 aliphatic rings. The van der Waals surface area contributed by atoms with Crippen LogP contribution in [0, 0.1) is 0 Å². The molecule has 0 saturated carbocycles. The first-order valence-corrected chi connectivity index (χ1v) is 5.63. The summed E-state index contributed by atoms with van der Waals surface area (Å²) in [6.07, 6.45) is 0.221. The number of hydrogen-bond donors (Lipinski definition) is 0. The Hall–Kier alpha value is -2.17. The van der Waals surface area contributed by atoms with Crippen molar-refractivity contribution >= 4 is 17.8 Å². The van der Waals surface area contributed by atoms with Crippen LogP contribution in [0.15, 0.2) is 24.3 Å². The molecule has 0 bridgehead atoms. The third-order valence-corrected chi connectivity index (χ3v) is 2.90. The molecule has 0 N–H and O–H groups in total. The topological polar surface area (TPSA) is 63.7 Å². The molecule has 5 heteroatoms. The summed E-state index contributed by atoms with van der Waals surface area (Å²) < 4.78 is 4.49. The van der Waals surface area contributed by atoms with Crippen LogP contribution in [-0.2, 0) is 20.7 Å². The molecule has 0 atom stereocenters. The Morgan fingerprint density at radius 3 is 2.78 bits per heavy atom. The van der Waals surface area contributed by atoms with Crippen LogP contribution in [0.1, 0.15) is 22.3 Å². The Kier molecular flexibility index (Phi) is 3.41. The molecule has 1 aromatic rings. The summed E-state index contributed by atoms with van der Waals surface area (Å²) in [6.45, 7) is 0.0681. The van der Waals surface area contributed by atoms with Gasteiger partial charge in [-0.05, 0) is 11.6 Å². The monoisotopic (exact) mass is 247 g/mol. The zero-order valence-corrected chi connectivity index (χ0v) is 10.0. The van der Waals surface area contributed by atoms with E-state index < -0.39 is 5.97 Å². The Morgan fingerprint density at radius 2 is 2.06 bits per heavy atom. The fraction of sp³-hybridized carbons (Fsp3) is 0.308. The maximum atomic E-state index is 12.1. The van der Waals surface area contributed by atoms with Gasteiger partial charge in [-0.3, -0.25) is 19.3 Å². The lowest BCUT2D eigenvalue weighted by atomic mass is 9.98. The lowest BCUT2D eigenvalue weighted by Gasteiger charge is -2.26. The lowest BCUT2D eigenvalue weighted by molar-refractivity contribution is -0.141. The highest BCUT2D eigenvalue weighted by Crippen LogP contribution is 2.19. The standard InChI is InChI=1S/C13H13NO4/c1-18-12(16)6-7-14-11(15)8-9-4-2-3-5-10(9)13(14)17/h2-5H,6-8H2,1H3. The summed E-state index contributed by atoms with van der Waals surface area (Å²) in [4.78, 5) is 36.1. The van der Waals surface area contributed by atoms with Crippen molar-refractivity contribution in [2.45, 2.75) is 12.8 Å². The van der Waals surface area contributed by atoms with Gasteiger partial charge in [-0.1, -0.05) is 18.2 Å². The molecule has 2 rings (SSSR count). The first kappa shape index (κ1) is 12.3. The number of fused-ring (bicyclic) bond motifs is 1. The molecule has 94 valence electrons. The lowest BCUT2D eigenvalue weighted by Crippen LogP contribution is -2.43. The van der Waals surface area contributed by atoms with Crippen LogP contribution in [-0.4, -0.2) is 36.3 Å². The first-order valence-electron chi connectivity index (χ1n) is 5.63. The quantitative estimate of drug-likeness (QED) is 0.584. The van der Waals surface area contributed by atoms with Crippen molar-refractivity contribution in [1.82, 2.24) is 4.90 Å². The predicted molar refractivity (Wildman–Crippen MR) is 62.8 cm³/mol. The normalized spacial score (nSPS) is 14.4. The van der Waals surface area contributed by atoms with Gasteiger partial charge in [0.05, 0.1) is 20.0 Å². The molecule has 1 aromatic carbocycles. The van der Waals surface area contributed by atoms with Crippen LogP contribution in [0.25, 0.3) is 0 Å². The number of benzene rings is 1. The molecule has 18 heavy (non-hydrogen) atoms. The molecule has 0 fully saturated rings. The van der Waals surface area contributed by atoms with E-state index in [-0.39, 0.29) is 31.2 Å². The molecule has 0 unspecified atom stereocenters. The van der Waals surface area contributed by atoms with Gasteiger partial charge in [-0.15, -0.1) is 0 Å². The fourth-order valence-corrected chi connectivity index (χ4v) is 1.93. The highest BCUT2D eigenvalue weighted by molar-refractivity contribution is 6.09. The number of carbonyl (C=O) groups excluding carboxylic acids is 3. The Labute approximate surface area is 104 Å². The number of ether oxygens (including phenoxy) is 1. The number of amides is 2. The molecular weight excluding hydrogens is 234 g/mol. The molecule has 5 nitrogen and oxygen atoms in total. The average Bonchev–Trinajstić information content (AvgIpc) is 2.38. The second-order valence-electron chi connectivity index (χ2n) is 4.01. The van der Waals surface area contributed by atoms with Gasteiger partial charge in [0.25, 0.3) is 5.91 Å². The van der Waals surface area contributed by atoms with Crippen molar-refractivity contribution in [3.05, 3.63) is 35.4 Å². The number of esters is 1. The van der Waals surface area contributed by atoms with Crippen molar-refractivity contribution in [3.63, 3.8) is 0 Å². The van der Waals surface area contributed by atoms with E-state index in [2.05, 4.69) is 4.74 Å². The van der Waals surface area contributed by atoms with Crippen LogP contribution in [0.3, 0.4) is 0 Å². The molecule has 0 radical (unpaired) electrons. The molecule has 0 spiro atoms. The van der Waals surface area contributed by atoms with Gasteiger partial charge in [0, 0.05) is 12.1 Å². The summed E-state index contributed by atoms with van der Waals surface area (Å²) in [5, 5.41) is 0. The molecule has 0 aliphatic carbocycles. The molecule has 2 amide bonds. The maximum absolute atomic E-state index is 12.1. The zero-order valence-electron chi connectivity index (χ0n) is 10.0. The largest absolute Gasteiger partial charge is 0.469 e. The van der Waals surface area contributed by atoms with E-state index in [1.54, 1.807) is 24.3 Å².